The van der Waals surface area contributed by atoms with Gasteiger partial charge >= 0.3 is 0 Å². The van der Waals surface area contributed by atoms with Gasteiger partial charge in [0.05, 0.1) is 6.10 Å². The summed E-state index contributed by atoms with van der Waals surface area (Å²) >= 11 is 1.26. The minimum Gasteiger partial charge on any atom is -0.393 e. The second-order valence-corrected chi connectivity index (χ2v) is 14.0. The first-order chi connectivity index (χ1) is 17.2. The predicted octanol–water partition coefficient (Wildman–Crippen LogP) is 5.97. The largest absolute Gasteiger partial charge is 0.393 e. The van der Waals surface area contributed by atoms with Crippen molar-refractivity contribution in [2.45, 2.75) is 91.1 Å². The fraction of sp³-hybridized carbons (Fsp3) is 0.867. The Hall–Kier alpha value is -1.01. The summed E-state index contributed by atoms with van der Waals surface area (Å²) in [6.45, 7) is 10.2. The van der Waals surface area contributed by atoms with Crippen molar-refractivity contribution in [3.8, 4) is 0 Å². The quantitative estimate of drug-likeness (QED) is 0.468. The molecule has 4 aliphatic carbocycles. The van der Waals surface area contributed by atoms with Gasteiger partial charge in [-0.1, -0.05) is 44.2 Å². The lowest BCUT2D eigenvalue weighted by Gasteiger charge is -2.58. The number of thioether (sulfide) groups is 1. The van der Waals surface area contributed by atoms with Crippen molar-refractivity contribution in [3.05, 3.63) is 11.6 Å². The molecule has 6 heteroatoms. The number of carbonyl (C=O) groups is 2. The highest BCUT2D eigenvalue weighted by Crippen LogP contribution is 2.67. The molecule has 0 unspecified atom stereocenters. The zero-order valence-electron chi connectivity index (χ0n) is 23.0. The van der Waals surface area contributed by atoms with Crippen molar-refractivity contribution in [2.75, 3.05) is 32.4 Å². The zero-order valence-corrected chi connectivity index (χ0v) is 23.8. The summed E-state index contributed by atoms with van der Waals surface area (Å²) in [5.74, 6) is 3.97. The molecule has 1 heterocycles. The third-order valence-corrected chi connectivity index (χ3v) is 12.3. The van der Waals surface area contributed by atoms with Crippen LogP contribution < -0.4 is 0 Å². The number of aliphatic hydroxyl groups excluding tert-OH is 1. The molecule has 5 nitrogen and oxygen atoms in total. The number of hydrogen-bond donors (Lipinski definition) is 1. The molecule has 202 valence electrons. The third kappa shape index (κ3) is 4.57. The molecule has 0 spiro atoms. The Balaban J connectivity index is 1.18. The summed E-state index contributed by atoms with van der Waals surface area (Å²) in [5, 5.41) is 10.4. The van der Waals surface area contributed by atoms with Gasteiger partial charge in [-0.2, -0.15) is 0 Å². The van der Waals surface area contributed by atoms with Gasteiger partial charge in [0, 0.05) is 32.6 Å². The van der Waals surface area contributed by atoms with Crippen molar-refractivity contribution in [1.29, 1.82) is 0 Å². The molecule has 36 heavy (non-hydrogen) atoms. The highest BCUT2D eigenvalue weighted by molar-refractivity contribution is 8.12. The normalized spacial score (nSPS) is 41.1. The molecule has 4 fully saturated rings. The van der Waals surface area contributed by atoms with Crippen LogP contribution in [0.3, 0.4) is 0 Å². The first-order valence-electron chi connectivity index (χ1n) is 14.7. The average molecular weight is 517 g/mol. The van der Waals surface area contributed by atoms with E-state index < -0.39 is 0 Å². The Kier molecular flexibility index (Phi) is 7.59. The number of piperazine rings is 1. The van der Waals surface area contributed by atoms with Gasteiger partial charge in [-0.3, -0.25) is 9.59 Å². The molecule has 0 bridgehead atoms. The Morgan fingerprint density at radius 1 is 1.06 bits per heavy atom. The molecule has 0 aromatic heterocycles. The van der Waals surface area contributed by atoms with Crippen LogP contribution in [0.4, 0.5) is 4.79 Å². The summed E-state index contributed by atoms with van der Waals surface area (Å²) in [4.78, 5) is 28.8. The first kappa shape index (κ1) is 26.6. The number of hydrogen-bond acceptors (Lipinski definition) is 4. The number of fused-ring (bicyclic) bond motifs is 5. The maximum absolute atomic E-state index is 13.0. The molecule has 3 saturated carbocycles. The highest BCUT2D eigenvalue weighted by atomic mass is 32.2. The summed E-state index contributed by atoms with van der Waals surface area (Å²) in [7, 11) is 0. The molecule has 1 N–H and O–H groups in total. The highest BCUT2D eigenvalue weighted by Gasteiger charge is 2.59. The van der Waals surface area contributed by atoms with Gasteiger partial charge in [-0.15, -0.1) is 0 Å². The van der Waals surface area contributed by atoms with E-state index in [4.69, 9.17) is 0 Å². The minimum absolute atomic E-state index is 0.120. The van der Waals surface area contributed by atoms with Crippen LogP contribution in [-0.2, 0) is 4.79 Å². The average Bonchev–Trinajstić information content (AvgIpc) is 3.24. The molecular weight excluding hydrogens is 468 g/mol. The van der Waals surface area contributed by atoms with Crippen LogP contribution in [0.25, 0.3) is 0 Å². The zero-order chi connectivity index (χ0) is 25.7. The molecule has 0 radical (unpaired) electrons. The standard InChI is InChI=1S/C30H48N2O3S/c1-20(5-10-27(34)31-15-17-32(18-16-31)28(35)36-4)24-8-9-25-23-7-6-21-19-22(33)11-13-29(21,2)26(23)12-14-30(24,25)3/h6,20,22-26,33H,5,7-19H2,1-4H3/t20-,22+,23+,24-,25+,26+,29+,30-/m1/s1. The van der Waals surface area contributed by atoms with Gasteiger partial charge in [-0.05, 0) is 104 Å². The summed E-state index contributed by atoms with van der Waals surface area (Å²) in [5.41, 5.74) is 2.28. The Morgan fingerprint density at radius 2 is 1.78 bits per heavy atom. The van der Waals surface area contributed by atoms with Gasteiger partial charge in [0.15, 0.2) is 0 Å². The van der Waals surface area contributed by atoms with Crippen molar-refractivity contribution < 1.29 is 14.7 Å². The lowest BCUT2D eigenvalue weighted by molar-refractivity contribution is -0.133. The van der Waals surface area contributed by atoms with E-state index in [1.165, 1.54) is 43.9 Å². The van der Waals surface area contributed by atoms with Gasteiger partial charge in [0.2, 0.25) is 5.91 Å². The second-order valence-electron chi connectivity index (χ2n) is 13.2. The van der Waals surface area contributed by atoms with Gasteiger partial charge in [0.1, 0.15) is 0 Å². The molecule has 1 aliphatic heterocycles. The molecule has 1 saturated heterocycles. The van der Waals surface area contributed by atoms with Crippen LogP contribution >= 0.6 is 11.8 Å². The Morgan fingerprint density at radius 3 is 2.50 bits per heavy atom. The molecule has 2 amide bonds. The first-order valence-corrected chi connectivity index (χ1v) is 15.9. The molecule has 0 aromatic rings. The number of allylic oxidation sites excluding steroid dienone is 1. The summed E-state index contributed by atoms with van der Waals surface area (Å²) < 4.78 is 0. The topological polar surface area (TPSA) is 60.9 Å². The van der Waals surface area contributed by atoms with Crippen LogP contribution in [0.1, 0.15) is 85.0 Å². The number of rotatable bonds is 4. The minimum atomic E-state index is -0.129. The van der Waals surface area contributed by atoms with Crippen LogP contribution in [0.15, 0.2) is 11.6 Å². The van der Waals surface area contributed by atoms with Crippen LogP contribution in [0.2, 0.25) is 0 Å². The fourth-order valence-electron chi connectivity index (χ4n) is 9.59. The van der Waals surface area contributed by atoms with E-state index in [1.807, 2.05) is 16.1 Å². The van der Waals surface area contributed by atoms with E-state index in [9.17, 15) is 14.7 Å². The van der Waals surface area contributed by atoms with Gasteiger partial charge in [0.25, 0.3) is 5.24 Å². The smallest absolute Gasteiger partial charge is 0.281 e. The van der Waals surface area contributed by atoms with Crippen molar-refractivity contribution >= 4 is 22.9 Å². The molecule has 5 aliphatic rings. The van der Waals surface area contributed by atoms with Crippen molar-refractivity contribution in [1.82, 2.24) is 9.80 Å². The monoisotopic (exact) mass is 516 g/mol. The van der Waals surface area contributed by atoms with E-state index >= 15 is 0 Å². The lowest BCUT2D eigenvalue weighted by Crippen LogP contribution is -2.51. The number of amides is 2. The van der Waals surface area contributed by atoms with Crippen LogP contribution in [0, 0.1) is 40.4 Å². The lowest BCUT2D eigenvalue weighted by atomic mass is 9.47. The number of nitrogens with zero attached hydrogens (tertiary/aromatic N) is 2. The number of aliphatic hydroxyl groups is 1. The molecular formula is C30H48N2O3S. The second kappa shape index (κ2) is 10.3. The van der Waals surface area contributed by atoms with Crippen molar-refractivity contribution in [2.24, 2.45) is 40.4 Å². The van der Waals surface area contributed by atoms with E-state index in [0.29, 0.717) is 49.3 Å². The fourth-order valence-corrected chi connectivity index (χ4v) is 10.0. The molecule has 5 rings (SSSR count). The van der Waals surface area contributed by atoms with E-state index in [2.05, 4.69) is 26.8 Å². The van der Waals surface area contributed by atoms with Crippen molar-refractivity contribution in [3.63, 3.8) is 0 Å². The van der Waals surface area contributed by atoms with E-state index in [0.717, 1.165) is 49.4 Å². The van der Waals surface area contributed by atoms with E-state index in [-0.39, 0.29) is 17.3 Å². The van der Waals surface area contributed by atoms with Crippen LogP contribution in [-0.4, -0.2) is 64.6 Å². The van der Waals surface area contributed by atoms with Gasteiger partial charge in [-0.25, -0.2) is 0 Å². The Labute approximate surface area is 222 Å². The SMILES string of the molecule is CSC(=O)N1CCN(C(=O)CC[C@@H](C)[C@H]2CC[C@H]3[C@@H]4CC=C5C[C@@H](O)CC[C@]5(C)[C@H]4CC[C@]23C)CC1. The Bertz CT molecular complexity index is 883. The predicted molar refractivity (Wildman–Crippen MR) is 147 cm³/mol. The van der Waals surface area contributed by atoms with E-state index in [1.54, 1.807) is 5.57 Å². The molecule has 0 aromatic carbocycles. The van der Waals surface area contributed by atoms with Gasteiger partial charge < -0.3 is 14.9 Å². The maximum Gasteiger partial charge on any atom is 0.281 e. The summed E-state index contributed by atoms with van der Waals surface area (Å²) in [6, 6.07) is 0. The maximum atomic E-state index is 13.0. The van der Waals surface area contributed by atoms with Crippen LogP contribution in [0.5, 0.6) is 0 Å². The summed E-state index contributed by atoms with van der Waals surface area (Å²) in [6.07, 6.45) is 15.5. The number of carbonyl (C=O) groups excluding carboxylic acids is 2. The molecule has 8 atom stereocenters. The third-order valence-electron chi connectivity index (χ3n) is 11.7.